The van der Waals surface area contributed by atoms with Crippen molar-refractivity contribution in [3.8, 4) is 11.8 Å². The Labute approximate surface area is 252 Å². The number of anilines is 1. The fourth-order valence-electron chi connectivity index (χ4n) is 6.65. The Kier molecular flexibility index (Phi) is 5.26. The molecule has 0 fully saturated rings. The lowest BCUT2D eigenvalue weighted by molar-refractivity contribution is 0.673. The minimum absolute atomic E-state index is 0.212. The summed E-state index contributed by atoms with van der Waals surface area (Å²) in [5.41, 5.74) is 9.76. The summed E-state index contributed by atoms with van der Waals surface area (Å²) in [5.74, 6) is 0.791. The number of para-hydroxylation sites is 2. The van der Waals surface area contributed by atoms with E-state index >= 15 is 0 Å². The molecule has 3 heterocycles. The van der Waals surface area contributed by atoms with Gasteiger partial charge in [0.15, 0.2) is 0 Å². The first kappa shape index (κ1) is 24.5. The summed E-state index contributed by atoms with van der Waals surface area (Å²) in [6.07, 6.45) is 0. The highest BCUT2D eigenvalue weighted by atomic mass is 16.3. The Bertz CT molecular complexity index is 2480. The molecule has 0 radical (unpaired) electrons. The molecule has 6 aromatic carbocycles. The SMILES string of the molecule is N#Cc1ccc2c(c1)NC(c1ccccc1)=NC2c1ccc(-n2c3ccccc3c3c4oc5ccccc5c4ccc32)cc1. The van der Waals surface area contributed by atoms with Crippen LogP contribution in [0.25, 0.3) is 49.4 Å². The van der Waals surface area contributed by atoms with Crippen molar-refractivity contribution in [3.63, 3.8) is 0 Å². The van der Waals surface area contributed by atoms with E-state index in [2.05, 4.69) is 88.7 Å². The summed E-state index contributed by atoms with van der Waals surface area (Å²) in [5, 5.41) is 17.6. The highest BCUT2D eigenvalue weighted by molar-refractivity contribution is 6.23. The molecule has 5 heteroatoms. The molecular formula is C39H24N4O. The van der Waals surface area contributed by atoms with E-state index in [0.29, 0.717) is 5.56 Å². The molecule has 9 rings (SSSR count). The summed E-state index contributed by atoms with van der Waals surface area (Å²) in [4.78, 5) is 5.17. The molecule has 0 saturated heterocycles. The van der Waals surface area contributed by atoms with Gasteiger partial charge >= 0.3 is 0 Å². The maximum atomic E-state index is 9.56. The first-order chi connectivity index (χ1) is 21.8. The third kappa shape index (κ3) is 3.62. The maximum Gasteiger partial charge on any atom is 0.145 e. The number of furan rings is 1. The van der Waals surface area contributed by atoms with Gasteiger partial charge in [-0.1, -0.05) is 84.9 Å². The number of benzene rings is 6. The first-order valence-electron chi connectivity index (χ1n) is 14.6. The Morgan fingerprint density at radius 3 is 2.32 bits per heavy atom. The summed E-state index contributed by atoms with van der Waals surface area (Å²) in [7, 11) is 0. The van der Waals surface area contributed by atoms with Crippen LogP contribution in [0.1, 0.15) is 28.3 Å². The van der Waals surface area contributed by atoms with E-state index in [1.165, 1.54) is 0 Å². The van der Waals surface area contributed by atoms with Crippen LogP contribution < -0.4 is 5.32 Å². The standard InChI is InChI=1S/C39H24N4O/c40-23-24-14-19-30-32(22-24)41-39(26-8-2-1-3-9-26)42-37(30)25-15-17-27(18-16-25)43-33-12-6-4-11-31(33)36-34(43)21-20-29-28-10-5-7-13-35(28)44-38(29)36/h1-22,37H,(H,41,42). The van der Waals surface area contributed by atoms with Crippen molar-refractivity contribution < 1.29 is 4.42 Å². The number of aliphatic imine (C=N–C) groups is 1. The van der Waals surface area contributed by atoms with Crippen LogP contribution in [-0.2, 0) is 0 Å². The minimum atomic E-state index is -0.212. The van der Waals surface area contributed by atoms with Crippen molar-refractivity contribution in [2.75, 3.05) is 5.32 Å². The summed E-state index contributed by atoms with van der Waals surface area (Å²) < 4.78 is 8.78. The molecule has 8 aromatic rings. The minimum Gasteiger partial charge on any atom is -0.455 e. The highest BCUT2D eigenvalue weighted by Crippen LogP contribution is 2.41. The molecule has 44 heavy (non-hydrogen) atoms. The van der Waals surface area contributed by atoms with Crippen LogP contribution >= 0.6 is 0 Å². The van der Waals surface area contributed by atoms with E-state index in [1.807, 2.05) is 60.7 Å². The quantitative estimate of drug-likeness (QED) is 0.232. The number of amidine groups is 1. The van der Waals surface area contributed by atoms with Crippen LogP contribution in [0, 0.1) is 11.3 Å². The molecule has 1 N–H and O–H groups in total. The van der Waals surface area contributed by atoms with Gasteiger partial charge in [0.05, 0.1) is 28.1 Å². The first-order valence-corrected chi connectivity index (χ1v) is 14.6. The Morgan fingerprint density at radius 2 is 1.48 bits per heavy atom. The molecule has 0 amide bonds. The maximum absolute atomic E-state index is 9.56. The molecule has 206 valence electrons. The average molecular weight is 565 g/mol. The number of hydrogen-bond acceptors (Lipinski definition) is 4. The number of nitrogens with zero attached hydrogens (tertiary/aromatic N) is 3. The van der Waals surface area contributed by atoms with Gasteiger partial charge in [-0.3, -0.25) is 4.99 Å². The second-order valence-corrected chi connectivity index (χ2v) is 11.2. The van der Waals surface area contributed by atoms with Gasteiger partial charge in [0.2, 0.25) is 0 Å². The second kappa shape index (κ2) is 9.45. The topological polar surface area (TPSA) is 66.2 Å². The van der Waals surface area contributed by atoms with Gasteiger partial charge < -0.3 is 14.3 Å². The third-order valence-corrected chi connectivity index (χ3v) is 8.68. The molecule has 0 bridgehead atoms. The third-order valence-electron chi connectivity index (χ3n) is 8.68. The summed E-state index contributed by atoms with van der Waals surface area (Å²) in [6.45, 7) is 0. The summed E-state index contributed by atoms with van der Waals surface area (Å²) >= 11 is 0. The zero-order chi connectivity index (χ0) is 29.2. The molecular weight excluding hydrogens is 540 g/mol. The molecule has 1 atom stereocenters. The fourth-order valence-corrected chi connectivity index (χ4v) is 6.65. The van der Waals surface area contributed by atoms with E-state index in [9.17, 15) is 5.26 Å². The number of nitriles is 1. The lowest BCUT2D eigenvalue weighted by Crippen LogP contribution is -2.22. The van der Waals surface area contributed by atoms with E-state index in [-0.39, 0.29) is 6.04 Å². The molecule has 0 spiro atoms. The molecule has 1 unspecified atom stereocenters. The fraction of sp³-hybridized carbons (Fsp3) is 0.0256. The smallest absolute Gasteiger partial charge is 0.145 e. The number of aromatic nitrogens is 1. The lowest BCUT2D eigenvalue weighted by Gasteiger charge is -2.26. The molecule has 1 aliphatic rings. The molecule has 1 aliphatic heterocycles. The predicted octanol–water partition coefficient (Wildman–Crippen LogP) is 9.52. The van der Waals surface area contributed by atoms with Gasteiger partial charge in [0.1, 0.15) is 23.0 Å². The number of nitrogens with one attached hydrogen (secondary N) is 1. The number of fused-ring (bicyclic) bond motifs is 8. The zero-order valence-corrected chi connectivity index (χ0v) is 23.5. The van der Waals surface area contributed by atoms with E-state index in [4.69, 9.17) is 9.41 Å². The molecule has 5 nitrogen and oxygen atoms in total. The van der Waals surface area contributed by atoms with E-state index < -0.39 is 0 Å². The van der Waals surface area contributed by atoms with Crippen LogP contribution in [0.15, 0.2) is 143 Å². The zero-order valence-electron chi connectivity index (χ0n) is 23.5. The second-order valence-electron chi connectivity index (χ2n) is 11.2. The Balaban J connectivity index is 1.21. The van der Waals surface area contributed by atoms with Crippen molar-refractivity contribution in [1.29, 1.82) is 5.26 Å². The average Bonchev–Trinajstić information content (AvgIpc) is 3.64. The monoisotopic (exact) mass is 564 g/mol. The van der Waals surface area contributed by atoms with Gasteiger partial charge in [-0.25, -0.2) is 0 Å². The predicted molar refractivity (Wildman–Crippen MR) is 178 cm³/mol. The van der Waals surface area contributed by atoms with Gasteiger partial charge in [-0.05, 0) is 54.1 Å². The molecule has 0 saturated carbocycles. The van der Waals surface area contributed by atoms with Crippen molar-refractivity contribution in [1.82, 2.24) is 4.57 Å². The van der Waals surface area contributed by atoms with Crippen LogP contribution in [0.5, 0.6) is 0 Å². The van der Waals surface area contributed by atoms with Gasteiger partial charge in [-0.15, -0.1) is 0 Å². The van der Waals surface area contributed by atoms with E-state index in [1.54, 1.807) is 0 Å². The molecule has 2 aromatic heterocycles. The van der Waals surface area contributed by atoms with Crippen molar-refractivity contribution in [3.05, 3.63) is 156 Å². The van der Waals surface area contributed by atoms with Crippen LogP contribution in [0.4, 0.5) is 5.69 Å². The van der Waals surface area contributed by atoms with Crippen LogP contribution in [-0.4, -0.2) is 10.4 Å². The van der Waals surface area contributed by atoms with Crippen molar-refractivity contribution >= 4 is 55.3 Å². The summed E-state index contributed by atoms with van der Waals surface area (Å²) in [6, 6.07) is 47.8. The highest BCUT2D eigenvalue weighted by Gasteiger charge is 2.25. The van der Waals surface area contributed by atoms with Crippen LogP contribution in [0.3, 0.4) is 0 Å². The van der Waals surface area contributed by atoms with Crippen molar-refractivity contribution in [2.45, 2.75) is 6.04 Å². The van der Waals surface area contributed by atoms with Gasteiger partial charge in [0.25, 0.3) is 0 Å². The number of hydrogen-bond donors (Lipinski definition) is 1. The lowest BCUT2D eigenvalue weighted by atomic mass is 9.94. The molecule has 0 aliphatic carbocycles. The largest absolute Gasteiger partial charge is 0.455 e. The normalized spacial score (nSPS) is 14.4. The van der Waals surface area contributed by atoms with Crippen molar-refractivity contribution in [2.24, 2.45) is 4.99 Å². The van der Waals surface area contributed by atoms with Gasteiger partial charge in [-0.2, -0.15) is 5.26 Å². The van der Waals surface area contributed by atoms with Gasteiger partial charge in [0, 0.05) is 38.7 Å². The number of rotatable bonds is 3. The van der Waals surface area contributed by atoms with E-state index in [0.717, 1.165) is 77.6 Å². The Morgan fingerprint density at radius 1 is 0.705 bits per heavy atom. The Hall–Kier alpha value is -6.12. The van der Waals surface area contributed by atoms with Crippen LogP contribution in [0.2, 0.25) is 0 Å².